The largest absolute Gasteiger partial charge is 0.354 e. The summed E-state index contributed by atoms with van der Waals surface area (Å²) in [6.07, 6.45) is 3.09. The molecule has 2 heterocycles. The van der Waals surface area contributed by atoms with Gasteiger partial charge in [-0.1, -0.05) is 27.7 Å². The van der Waals surface area contributed by atoms with Crippen molar-refractivity contribution in [1.82, 2.24) is 25.1 Å². The van der Waals surface area contributed by atoms with Crippen LogP contribution in [0.5, 0.6) is 0 Å². The standard InChI is InChI=1S/C15H14BrN5O2S/c16-10-1-2-12-11(7-10)13(22)3-5-21(12)8-14(23)17-4-6-24-15-18-9-19-20-15/h1-3,5,7,9H,4,6,8H2,(H,17,23)(H,18,19,20). The number of carbonyl (C=O) groups excluding carboxylic acids is 1. The van der Waals surface area contributed by atoms with E-state index in [-0.39, 0.29) is 17.9 Å². The first-order valence-electron chi connectivity index (χ1n) is 7.17. The molecule has 124 valence electrons. The summed E-state index contributed by atoms with van der Waals surface area (Å²) in [7, 11) is 0. The van der Waals surface area contributed by atoms with Crippen molar-refractivity contribution in [3.8, 4) is 0 Å². The zero-order chi connectivity index (χ0) is 16.9. The van der Waals surface area contributed by atoms with Gasteiger partial charge in [-0.05, 0) is 18.2 Å². The number of thioether (sulfide) groups is 1. The molecule has 2 N–H and O–H groups in total. The summed E-state index contributed by atoms with van der Waals surface area (Å²) in [6.45, 7) is 0.680. The van der Waals surface area contributed by atoms with Crippen LogP contribution in [0.3, 0.4) is 0 Å². The second kappa shape index (κ2) is 7.63. The van der Waals surface area contributed by atoms with Gasteiger partial charge in [-0.3, -0.25) is 14.7 Å². The highest BCUT2D eigenvalue weighted by Crippen LogP contribution is 2.17. The molecule has 0 radical (unpaired) electrons. The minimum Gasteiger partial charge on any atom is -0.354 e. The third-order valence-electron chi connectivity index (χ3n) is 3.31. The lowest BCUT2D eigenvalue weighted by molar-refractivity contribution is -0.121. The van der Waals surface area contributed by atoms with Crippen LogP contribution in [0.1, 0.15) is 0 Å². The fraction of sp³-hybridized carbons (Fsp3) is 0.200. The molecule has 0 aliphatic carbocycles. The number of H-pyrrole nitrogens is 1. The summed E-state index contributed by atoms with van der Waals surface area (Å²) in [5.41, 5.74) is 0.670. The second-order valence-corrected chi connectivity index (χ2v) is 6.96. The Hall–Kier alpha value is -2.13. The molecule has 0 fully saturated rings. The van der Waals surface area contributed by atoms with Crippen molar-refractivity contribution in [3.63, 3.8) is 0 Å². The number of aromatic amines is 1. The molecule has 7 nitrogen and oxygen atoms in total. The van der Waals surface area contributed by atoms with E-state index < -0.39 is 0 Å². The smallest absolute Gasteiger partial charge is 0.239 e. The molecule has 2 aromatic heterocycles. The van der Waals surface area contributed by atoms with Crippen LogP contribution < -0.4 is 10.7 Å². The molecule has 0 atom stereocenters. The predicted molar refractivity (Wildman–Crippen MR) is 96.0 cm³/mol. The highest BCUT2D eigenvalue weighted by Gasteiger charge is 2.07. The number of rotatable bonds is 6. The van der Waals surface area contributed by atoms with E-state index in [1.54, 1.807) is 16.8 Å². The van der Waals surface area contributed by atoms with Crippen molar-refractivity contribution in [2.24, 2.45) is 0 Å². The number of halogens is 1. The topological polar surface area (TPSA) is 92.7 Å². The Morgan fingerprint density at radius 1 is 1.38 bits per heavy atom. The third kappa shape index (κ3) is 4.04. The average molecular weight is 408 g/mol. The zero-order valence-corrected chi connectivity index (χ0v) is 14.9. The number of pyridine rings is 1. The number of hydrogen-bond donors (Lipinski definition) is 2. The Bertz CT molecular complexity index is 910. The quantitative estimate of drug-likeness (QED) is 0.479. The fourth-order valence-electron chi connectivity index (χ4n) is 2.23. The highest BCUT2D eigenvalue weighted by molar-refractivity contribution is 9.10. The SMILES string of the molecule is O=C(Cn1ccc(=O)c2cc(Br)ccc21)NCCSc1ncn[nH]1. The Balaban J connectivity index is 1.61. The molecule has 24 heavy (non-hydrogen) atoms. The van der Waals surface area contributed by atoms with Crippen LogP contribution in [-0.4, -0.2) is 38.0 Å². The van der Waals surface area contributed by atoms with Gasteiger partial charge in [0, 0.05) is 34.4 Å². The number of nitrogens with one attached hydrogen (secondary N) is 2. The van der Waals surface area contributed by atoms with E-state index in [9.17, 15) is 9.59 Å². The van der Waals surface area contributed by atoms with Crippen LogP contribution in [0.2, 0.25) is 0 Å². The maximum Gasteiger partial charge on any atom is 0.239 e. The molecule has 0 aliphatic heterocycles. The van der Waals surface area contributed by atoms with Gasteiger partial charge in [0.15, 0.2) is 10.6 Å². The van der Waals surface area contributed by atoms with Gasteiger partial charge in [0.1, 0.15) is 12.9 Å². The van der Waals surface area contributed by atoms with Crippen molar-refractivity contribution in [2.45, 2.75) is 11.7 Å². The number of nitrogens with zero attached hydrogens (tertiary/aromatic N) is 3. The number of aromatic nitrogens is 4. The second-order valence-electron chi connectivity index (χ2n) is 4.96. The van der Waals surface area contributed by atoms with E-state index in [0.717, 1.165) is 15.1 Å². The average Bonchev–Trinajstić information content (AvgIpc) is 3.08. The van der Waals surface area contributed by atoms with Gasteiger partial charge in [-0.15, -0.1) is 0 Å². The minimum atomic E-state index is -0.110. The monoisotopic (exact) mass is 407 g/mol. The Kier molecular flexibility index (Phi) is 5.31. The number of carbonyl (C=O) groups is 1. The number of hydrogen-bond acceptors (Lipinski definition) is 5. The molecule has 1 amide bonds. The van der Waals surface area contributed by atoms with Crippen molar-refractivity contribution < 1.29 is 4.79 Å². The van der Waals surface area contributed by atoms with Gasteiger partial charge in [0.05, 0.1) is 5.52 Å². The normalized spacial score (nSPS) is 10.9. The molecule has 9 heteroatoms. The first-order chi connectivity index (χ1) is 11.6. The van der Waals surface area contributed by atoms with Gasteiger partial charge in [0.25, 0.3) is 0 Å². The molecule has 0 aliphatic rings. The van der Waals surface area contributed by atoms with Gasteiger partial charge in [0.2, 0.25) is 5.91 Å². The van der Waals surface area contributed by atoms with Gasteiger partial charge < -0.3 is 9.88 Å². The highest BCUT2D eigenvalue weighted by atomic mass is 79.9. The van der Waals surface area contributed by atoms with Crippen LogP contribution in [0.15, 0.2) is 51.2 Å². The summed E-state index contributed by atoms with van der Waals surface area (Å²) in [6, 6.07) is 6.92. The van der Waals surface area contributed by atoms with E-state index >= 15 is 0 Å². The van der Waals surface area contributed by atoms with Crippen LogP contribution in [-0.2, 0) is 11.3 Å². The summed E-state index contributed by atoms with van der Waals surface area (Å²) < 4.78 is 2.60. The lowest BCUT2D eigenvalue weighted by Crippen LogP contribution is -2.29. The van der Waals surface area contributed by atoms with Gasteiger partial charge >= 0.3 is 0 Å². The first kappa shape index (κ1) is 16.7. The van der Waals surface area contributed by atoms with Crippen molar-refractivity contribution in [1.29, 1.82) is 0 Å². The van der Waals surface area contributed by atoms with Crippen LogP contribution >= 0.6 is 27.7 Å². The van der Waals surface area contributed by atoms with Crippen LogP contribution in [0, 0.1) is 0 Å². The molecule has 0 unspecified atom stereocenters. The maximum atomic E-state index is 12.1. The van der Waals surface area contributed by atoms with E-state index in [4.69, 9.17) is 0 Å². The molecule has 1 aromatic carbocycles. The lowest BCUT2D eigenvalue weighted by atomic mass is 10.2. The first-order valence-corrected chi connectivity index (χ1v) is 8.95. The summed E-state index contributed by atoms with van der Waals surface area (Å²) in [5.74, 6) is 0.583. The number of fused-ring (bicyclic) bond motifs is 1. The van der Waals surface area contributed by atoms with Crippen molar-refractivity contribution in [3.05, 3.63) is 51.5 Å². The van der Waals surface area contributed by atoms with Crippen LogP contribution in [0.25, 0.3) is 10.9 Å². The molecular formula is C15H14BrN5O2S. The Labute approximate surface area is 150 Å². The third-order valence-corrected chi connectivity index (χ3v) is 4.68. The molecule has 0 saturated carbocycles. The Morgan fingerprint density at radius 2 is 2.25 bits per heavy atom. The molecule has 0 saturated heterocycles. The zero-order valence-electron chi connectivity index (χ0n) is 12.5. The minimum absolute atomic E-state index is 0.0635. The van der Waals surface area contributed by atoms with Crippen molar-refractivity contribution in [2.75, 3.05) is 12.3 Å². The summed E-state index contributed by atoms with van der Waals surface area (Å²) in [4.78, 5) is 28.0. The van der Waals surface area contributed by atoms with Gasteiger partial charge in [-0.25, -0.2) is 4.98 Å². The molecular weight excluding hydrogens is 394 g/mol. The van der Waals surface area contributed by atoms with E-state index in [1.165, 1.54) is 24.2 Å². The maximum absolute atomic E-state index is 12.1. The summed E-state index contributed by atoms with van der Waals surface area (Å²) in [5, 5.41) is 10.7. The predicted octanol–water partition coefficient (Wildman–Crippen LogP) is 1.79. The number of benzene rings is 1. The van der Waals surface area contributed by atoms with Crippen molar-refractivity contribution >= 4 is 44.5 Å². The van der Waals surface area contributed by atoms with E-state index in [1.807, 2.05) is 12.1 Å². The van der Waals surface area contributed by atoms with Crippen LogP contribution in [0.4, 0.5) is 0 Å². The Morgan fingerprint density at radius 3 is 3.04 bits per heavy atom. The number of amides is 1. The molecule has 0 bridgehead atoms. The van der Waals surface area contributed by atoms with Gasteiger partial charge in [-0.2, -0.15) is 5.10 Å². The molecule has 3 rings (SSSR count). The molecule has 3 aromatic rings. The van der Waals surface area contributed by atoms with E-state index in [2.05, 4.69) is 36.4 Å². The fourth-order valence-corrected chi connectivity index (χ4v) is 3.23. The molecule has 0 spiro atoms. The van der Waals surface area contributed by atoms with E-state index in [0.29, 0.717) is 17.7 Å². The lowest BCUT2D eigenvalue weighted by Gasteiger charge is -2.11. The summed E-state index contributed by atoms with van der Waals surface area (Å²) >= 11 is 4.84.